The van der Waals surface area contributed by atoms with E-state index in [1.165, 1.54) is 0 Å². The Hall–Kier alpha value is -2.25. The van der Waals surface area contributed by atoms with Gasteiger partial charge in [-0.25, -0.2) is 0 Å². The van der Waals surface area contributed by atoms with Gasteiger partial charge in [-0.05, 0) is 36.4 Å². The average molecular weight is 449 g/mol. The van der Waals surface area contributed by atoms with E-state index in [2.05, 4.69) is 20.8 Å². The number of amides is 1. The van der Waals surface area contributed by atoms with Gasteiger partial charge in [0, 0.05) is 42.8 Å². The molecule has 0 aliphatic carbocycles. The quantitative estimate of drug-likeness (QED) is 0.650. The highest BCUT2D eigenvalue weighted by atomic mass is 79.9. The normalized spacial score (nSPS) is 14.6. The molecule has 1 fully saturated rings. The number of methoxy groups -OCH3 is 2. The van der Waals surface area contributed by atoms with Gasteiger partial charge in [0.25, 0.3) is 5.91 Å². The highest BCUT2D eigenvalue weighted by Gasteiger charge is 2.22. The van der Waals surface area contributed by atoms with Crippen LogP contribution in [0.2, 0.25) is 0 Å². The number of rotatable bonds is 7. The minimum atomic E-state index is 0.0126. The Balaban J connectivity index is 1.49. The number of carbonyl (C=O) groups excluding carboxylic acids is 1. The van der Waals surface area contributed by atoms with E-state index in [9.17, 15) is 4.79 Å². The fourth-order valence-corrected chi connectivity index (χ4v) is 3.57. The van der Waals surface area contributed by atoms with Gasteiger partial charge in [0.05, 0.1) is 14.2 Å². The second-order valence-electron chi connectivity index (χ2n) is 6.58. The summed E-state index contributed by atoms with van der Waals surface area (Å²) in [5, 5.41) is 0. The third-order valence-electron chi connectivity index (χ3n) is 4.76. The van der Waals surface area contributed by atoms with Gasteiger partial charge in [-0.1, -0.05) is 22.0 Å². The van der Waals surface area contributed by atoms with Gasteiger partial charge in [0.1, 0.15) is 17.2 Å². The van der Waals surface area contributed by atoms with Gasteiger partial charge < -0.3 is 19.1 Å². The largest absolute Gasteiger partial charge is 0.497 e. The number of halogens is 1. The van der Waals surface area contributed by atoms with Crippen molar-refractivity contribution in [3.05, 3.63) is 52.5 Å². The van der Waals surface area contributed by atoms with Gasteiger partial charge in [-0.15, -0.1) is 0 Å². The summed E-state index contributed by atoms with van der Waals surface area (Å²) >= 11 is 3.40. The van der Waals surface area contributed by atoms with Crippen LogP contribution in [0.4, 0.5) is 0 Å². The molecule has 1 saturated heterocycles. The first-order valence-corrected chi connectivity index (χ1v) is 9.97. The number of nitrogens with zero attached hydrogens (tertiary/aromatic N) is 2. The van der Waals surface area contributed by atoms with Crippen molar-refractivity contribution in [3.8, 4) is 17.2 Å². The predicted molar refractivity (Wildman–Crippen MR) is 111 cm³/mol. The molecule has 0 spiro atoms. The number of ether oxygens (including phenoxy) is 3. The molecule has 7 heteroatoms. The van der Waals surface area contributed by atoms with E-state index in [1.54, 1.807) is 14.2 Å². The molecular weight excluding hydrogens is 424 g/mol. The van der Waals surface area contributed by atoms with Crippen LogP contribution >= 0.6 is 15.9 Å². The summed E-state index contributed by atoms with van der Waals surface area (Å²) in [4.78, 5) is 16.6. The molecule has 1 amide bonds. The zero-order chi connectivity index (χ0) is 19.9. The summed E-state index contributed by atoms with van der Waals surface area (Å²) in [6.45, 7) is 3.81. The number of carbonyl (C=O) groups is 1. The number of benzene rings is 2. The van der Waals surface area contributed by atoms with Crippen LogP contribution in [0, 0.1) is 0 Å². The van der Waals surface area contributed by atoms with Crippen molar-refractivity contribution in [1.29, 1.82) is 0 Å². The van der Waals surface area contributed by atoms with Crippen molar-refractivity contribution >= 4 is 21.8 Å². The molecule has 0 bridgehead atoms. The molecule has 0 aromatic heterocycles. The second kappa shape index (κ2) is 9.80. The SMILES string of the molecule is COc1ccc(OC)c(CN2CCN(C(=O)COc3cccc(Br)c3)CC2)c1. The van der Waals surface area contributed by atoms with Crippen LogP contribution in [-0.2, 0) is 11.3 Å². The zero-order valence-corrected chi connectivity index (χ0v) is 17.8. The van der Waals surface area contributed by atoms with E-state index in [-0.39, 0.29) is 12.5 Å². The highest BCUT2D eigenvalue weighted by molar-refractivity contribution is 9.10. The lowest BCUT2D eigenvalue weighted by Crippen LogP contribution is -2.49. The van der Waals surface area contributed by atoms with Crippen molar-refractivity contribution in [2.24, 2.45) is 0 Å². The molecular formula is C21H25BrN2O4. The van der Waals surface area contributed by atoms with Crippen molar-refractivity contribution in [2.45, 2.75) is 6.54 Å². The Labute approximate surface area is 174 Å². The summed E-state index contributed by atoms with van der Waals surface area (Å²) < 4.78 is 17.3. The third-order valence-corrected chi connectivity index (χ3v) is 5.26. The van der Waals surface area contributed by atoms with Gasteiger partial charge in [0.2, 0.25) is 0 Å². The Morgan fingerprint density at radius 1 is 1.00 bits per heavy atom. The smallest absolute Gasteiger partial charge is 0.260 e. The van der Waals surface area contributed by atoms with Crippen molar-refractivity contribution < 1.29 is 19.0 Å². The molecule has 3 rings (SSSR count). The van der Waals surface area contributed by atoms with E-state index in [0.717, 1.165) is 41.2 Å². The monoisotopic (exact) mass is 448 g/mol. The molecule has 6 nitrogen and oxygen atoms in total. The van der Waals surface area contributed by atoms with Crippen LogP contribution in [0.1, 0.15) is 5.56 Å². The van der Waals surface area contributed by atoms with Crippen LogP contribution in [0.5, 0.6) is 17.2 Å². The van der Waals surface area contributed by atoms with Crippen LogP contribution < -0.4 is 14.2 Å². The maximum atomic E-state index is 12.4. The molecule has 0 saturated carbocycles. The molecule has 0 radical (unpaired) electrons. The first-order valence-electron chi connectivity index (χ1n) is 9.18. The summed E-state index contributed by atoms with van der Waals surface area (Å²) in [7, 11) is 3.33. The Morgan fingerprint density at radius 3 is 2.46 bits per heavy atom. The Bertz CT molecular complexity index is 807. The predicted octanol–water partition coefficient (Wildman–Crippen LogP) is 3.19. The maximum Gasteiger partial charge on any atom is 0.260 e. The van der Waals surface area contributed by atoms with Gasteiger partial charge in [0.15, 0.2) is 6.61 Å². The molecule has 1 aliphatic heterocycles. The zero-order valence-electron chi connectivity index (χ0n) is 16.2. The van der Waals surface area contributed by atoms with Crippen molar-refractivity contribution in [3.63, 3.8) is 0 Å². The van der Waals surface area contributed by atoms with Crippen molar-refractivity contribution in [1.82, 2.24) is 9.80 Å². The van der Waals surface area contributed by atoms with Crippen LogP contribution in [0.3, 0.4) is 0 Å². The summed E-state index contributed by atoms with van der Waals surface area (Å²) in [6, 6.07) is 13.3. The third kappa shape index (κ3) is 5.39. The van der Waals surface area contributed by atoms with Crippen LogP contribution in [-0.4, -0.2) is 62.7 Å². The lowest BCUT2D eigenvalue weighted by Gasteiger charge is -2.35. The molecule has 1 heterocycles. The fourth-order valence-electron chi connectivity index (χ4n) is 3.19. The molecule has 0 N–H and O–H groups in total. The van der Waals surface area contributed by atoms with Crippen molar-refractivity contribution in [2.75, 3.05) is 47.0 Å². The standard InChI is InChI=1S/C21H25BrN2O4/c1-26-18-6-7-20(27-2)16(12-18)14-23-8-10-24(11-9-23)21(25)15-28-19-5-3-4-17(22)13-19/h3-7,12-13H,8-11,14-15H2,1-2H3. The van der Waals surface area contributed by atoms with E-state index in [1.807, 2.05) is 47.4 Å². The lowest BCUT2D eigenvalue weighted by molar-refractivity contribution is -0.135. The van der Waals surface area contributed by atoms with Gasteiger partial charge in [-0.2, -0.15) is 0 Å². The minimum Gasteiger partial charge on any atom is -0.497 e. The summed E-state index contributed by atoms with van der Waals surface area (Å²) in [5.41, 5.74) is 1.08. The molecule has 150 valence electrons. The van der Waals surface area contributed by atoms with E-state index < -0.39 is 0 Å². The number of hydrogen-bond acceptors (Lipinski definition) is 5. The maximum absolute atomic E-state index is 12.4. The van der Waals surface area contributed by atoms with Crippen LogP contribution in [0.25, 0.3) is 0 Å². The molecule has 0 unspecified atom stereocenters. The number of piperazine rings is 1. The first-order chi connectivity index (χ1) is 13.6. The Morgan fingerprint density at radius 2 is 1.79 bits per heavy atom. The molecule has 2 aromatic carbocycles. The summed E-state index contributed by atoms with van der Waals surface area (Å²) in [6.07, 6.45) is 0. The Kier molecular flexibility index (Phi) is 7.17. The molecule has 0 atom stereocenters. The topological polar surface area (TPSA) is 51.2 Å². The molecule has 1 aliphatic rings. The van der Waals surface area contributed by atoms with E-state index in [4.69, 9.17) is 14.2 Å². The second-order valence-corrected chi connectivity index (χ2v) is 7.50. The molecule has 2 aromatic rings. The lowest BCUT2D eigenvalue weighted by atomic mass is 10.1. The fraction of sp³-hybridized carbons (Fsp3) is 0.381. The minimum absolute atomic E-state index is 0.0126. The average Bonchev–Trinajstić information content (AvgIpc) is 2.72. The van der Waals surface area contributed by atoms with E-state index >= 15 is 0 Å². The number of hydrogen-bond donors (Lipinski definition) is 0. The highest BCUT2D eigenvalue weighted by Crippen LogP contribution is 2.25. The van der Waals surface area contributed by atoms with E-state index in [0.29, 0.717) is 18.8 Å². The van der Waals surface area contributed by atoms with Crippen LogP contribution in [0.15, 0.2) is 46.9 Å². The molecule has 28 heavy (non-hydrogen) atoms. The first kappa shape index (κ1) is 20.5. The van der Waals surface area contributed by atoms with Gasteiger partial charge >= 0.3 is 0 Å². The van der Waals surface area contributed by atoms with Gasteiger partial charge in [-0.3, -0.25) is 9.69 Å². The summed E-state index contributed by atoms with van der Waals surface area (Å²) in [5.74, 6) is 2.36.